The minimum atomic E-state index is -1.00. The second kappa shape index (κ2) is 10.7. The highest BCUT2D eigenvalue weighted by atomic mass is 32.2. The molecule has 0 aromatic carbocycles. The lowest BCUT2D eigenvalue weighted by atomic mass is 9.87. The molecule has 0 saturated heterocycles. The predicted octanol–water partition coefficient (Wildman–Crippen LogP) is 1.04. The van der Waals surface area contributed by atoms with E-state index < -0.39 is 28.8 Å². The zero-order chi connectivity index (χ0) is 19.0. The molecule has 1 amide bonds. The molecule has 0 aromatic heterocycles. The molecule has 0 spiro atoms. The first-order chi connectivity index (χ1) is 11.0. The molecule has 0 radical (unpaired) electrons. The van der Waals surface area contributed by atoms with Crippen LogP contribution in [0.25, 0.3) is 0 Å². The summed E-state index contributed by atoms with van der Waals surface area (Å²) < 4.78 is 11.1. The highest BCUT2D eigenvalue weighted by Crippen LogP contribution is 2.18. The van der Waals surface area contributed by atoms with Crippen LogP contribution in [-0.2, 0) is 25.2 Å². The first kappa shape index (κ1) is 22.9. The van der Waals surface area contributed by atoms with Gasteiger partial charge in [-0.15, -0.1) is 0 Å². The van der Waals surface area contributed by atoms with Gasteiger partial charge < -0.3 is 11.1 Å². The van der Waals surface area contributed by atoms with Crippen LogP contribution in [0.15, 0.2) is 0 Å². The van der Waals surface area contributed by atoms with Crippen molar-refractivity contribution >= 4 is 28.3 Å². The quantitative estimate of drug-likeness (QED) is 0.573. The van der Waals surface area contributed by atoms with E-state index in [9.17, 15) is 18.6 Å². The second-order valence-corrected chi connectivity index (χ2v) is 8.59. The minimum Gasteiger partial charge on any atom is -0.346 e. The molecular formula is C17H32N2O4S. The first-order valence-corrected chi connectivity index (χ1v) is 10.1. The Labute approximate surface area is 147 Å². The van der Waals surface area contributed by atoms with Gasteiger partial charge in [0.15, 0.2) is 5.78 Å². The zero-order valence-electron chi connectivity index (χ0n) is 15.6. The Bertz CT molecular complexity index is 477. The highest BCUT2D eigenvalue weighted by molar-refractivity contribution is 7.84. The van der Waals surface area contributed by atoms with Gasteiger partial charge >= 0.3 is 0 Å². The molecule has 0 bridgehead atoms. The lowest BCUT2D eigenvalue weighted by molar-refractivity contribution is -0.134. The zero-order valence-corrected chi connectivity index (χ0v) is 16.4. The summed E-state index contributed by atoms with van der Waals surface area (Å²) >= 11 is 0. The predicted molar refractivity (Wildman–Crippen MR) is 96.9 cm³/mol. The van der Waals surface area contributed by atoms with E-state index in [-0.39, 0.29) is 35.7 Å². The molecule has 0 aromatic rings. The molecule has 0 aliphatic rings. The van der Waals surface area contributed by atoms with Gasteiger partial charge in [0, 0.05) is 35.1 Å². The van der Waals surface area contributed by atoms with Crippen LogP contribution in [0.4, 0.5) is 0 Å². The van der Waals surface area contributed by atoms with E-state index in [1.54, 1.807) is 6.26 Å². The highest BCUT2D eigenvalue weighted by Gasteiger charge is 2.30. The minimum absolute atomic E-state index is 0.0169. The van der Waals surface area contributed by atoms with Gasteiger partial charge in [0.05, 0.1) is 12.1 Å². The Morgan fingerprint density at radius 3 is 2.00 bits per heavy atom. The van der Waals surface area contributed by atoms with Crippen molar-refractivity contribution in [2.24, 2.45) is 23.5 Å². The van der Waals surface area contributed by atoms with Gasteiger partial charge in [-0.2, -0.15) is 0 Å². The number of ketones is 2. The molecule has 6 nitrogen and oxygen atoms in total. The molecule has 7 heteroatoms. The summed E-state index contributed by atoms with van der Waals surface area (Å²) in [6.45, 7) is 8.90. The maximum absolute atomic E-state index is 12.5. The average molecular weight is 361 g/mol. The largest absolute Gasteiger partial charge is 0.346 e. The van der Waals surface area contributed by atoms with Crippen LogP contribution in [-0.4, -0.2) is 45.8 Å². The van der Waals surface area contributed by atoms with Crippen LogP contribution >= 0.6 is 0 Å². The molecule has 0 saturated carbocycles. The summed E-state index contributed by atoms with van der Waals surface area (Å²) in [6, 6.07) is -1.26. The maximum atomic E-state index is 12.5. The van der Waals surface area contributed by atoms with Crippen LogP contribution in [0.1, 0.15) is 47.5 Å². The van der Waals surface area contributed by atoms with Crippen LogP contribution in [0, 0.1) is 17.8 Å². The number of hydrogen-bond acceptors (Lipinski definition) is 5. The van der Waals surface area contributed by atoms with Gasteiger partial charge in [0.1, 0.15) is 5.78 Å². The molecule has 4 atom stereocenters. The van der Waals surface area contributed by atoms with E-state index >= 15 is 0 Å². The van der Waals surface area contributed by atoms with Crippen molar-refractivity contribution in [3.05, 3.63) is 0 Å². The summed E-state index contributed by atoms with van der Waals surface area (Å²) in [4.78, 5) is 36.4. The fourth-order valence-corrected chi connectivity index (χ4v) is 3.04. The van der Waals surface area contributed by atoms with Crippen LogP contribution < -0.4 is 11.1 Å². The normalized spacial score (nSPS) is 16.5. The van der Waals surface area contributed by atoms with E-state index in [1.807, 2.05) is 27.7 Å². The van der Waals surface area contributed by atoms with Crippen molar-refractivity contribution in [1.29, 1.82) is 0 Å². The number of nitrogens with two attached hydrogens (primary N) is 1. The molecule has 3 N–H and O–H groups in total. The smallest absolute Gasteiger partial charge is 0.224 e. The molecule has 24 heavy (non-hydrogen) atoms. The maximum Gasteiger partial charge on any atom is 0.224 e. The Balaban J connectivity index is 4.90. The molecule has 0 fully saturated rings. The van der Waals surface area contributed by atoms with Crippen molar-refractivity contribution < 1.29 is 18.6 Å². The number of rotatable bonds is 11. The summed E-state index contributed by atoms with van der Waals surface area (Å²) in [5, 5.41) is 2.76. The standard InChI is InChI=1S/C17H32N2O4S/c1-10(2)13(9-15(21)14(18)7-8-24(6)23)17(22)19-16(11(3)4)12(5)20/h10-11,13-14,16H,7-9,18H2,1-6H3,(H,19,22)/t13-,14-,16-,24?/m0/s1. The number of amides is 1. The third kappa shape index (κ3) is 8.15. The van der Waals surface area contributed by atoms with E-state index in [4.69, 9.17) is 5.73 Å². The fourth-order valence-electron chi connectivity index (χ4n) is 2.45. The van der Waals surface area contributed by atoms with E-state index in [0.29, 0.717) is 12.2 Å². The van der Waals surface area contributed by atoms with Crippen molar-refractivity contribution in [2.45, 2.75) is 59.5 Å². The third-order valence-corrected chi connectivity index (χ3v) is 4.91. The van der Waals surface area contributed by atoms with Gasteiger partial charge in [-0.1, -0.05) is 27.7 Å². The second-order valence-electron chi connectivity index (χ2n) is 7.03. The molecular weight excluding hydrogens is 328 g/mol. The number of carbonyl (C=O) groups is 3. The van der Waals surface area contributed by atoms with Gasteiger partial charge in [-0.3, -0.25) is 18.6 Å². The third-order valence-electron chi connectivity index (χ3n) is 4.09. The fraction of sp³-hybridized carbons (Fsp3) is 0.824. The summed E-state index contributed by atoms with van der Waals surface area (Å²) in [7, 11) is -1.00. The van der Waals surface area contributed by atoms with Crippen LogP contribution in [0.5, 0.6) is 0 Å². The monoisotopic (exact) mass is 360 g/mol. The topological polar surface area (TPSA) is 106 Å². The molecule has 1 unspecified atom stereocenters. The summed E-state index contributed by atoms with van der Waals surface area (Å²) in [5.41, 5.74) is 5.84. The summed E-state index contributed by atoms with van der Waals surface area (Å²) in [5.74, 6) is -0.842. The number of Topliss-reactive ketones (excluding diaryl/α,β-unsaturated/α-hetero) is 2. The first-order valence-electron chi connectivity index (χ1n) is 8.36. The lowest BCUT2D eigenvalue weighted by Crippen LogP contribution is -2.47. The van der Waals surface area contributed by atoms with E-state index in [2.05, 4.69) is 5.32 Å². The van der Waals surface area contributed by atoms with Gasteiger partial charge in [0.2, 0.25) is 5.91 Å². The molecule has 0 rings (SSSR count). The van der Waals surface area contributed by atoms with E-state index in [1.165, 1.54) is 6.92 Å². The van der Waals surface area contributed by atoms with Gasteiger partial charge in [-0.05, 0) is 25.2 Å². The SMILES string of the molecule is CC(=O)[C@@H](NC(=O)[C@@H](CC(=O)[C@@H](N)CCS(C)=O)C(C)C)C(C)C. The molecule has 0 aliphatic carbocycles. The summed E-state index contributed by atoms with van der Waals surface area (Å²) in [6.07, 6.45) is 1.94. The number of nitrogens with one attached hydrogen (secondary N) is 1. The van der Waals surface area contributed by atoms with Crippen molar-refractivity contribution in [3.63, 3.8) is 0 Å². The molecule has 0 aliphatic heterocycles. The number of carbonyl (C=O) groups excluding carboxylic acids is 3. The van der Waals surface area contributed by atoms with Gasteiger partial charge in [-0.25, -0.2) is 0 Å². The Hall–Kier alpha value is -1.08. The molecule has 0 heterocycles. The van der Waals surface area contributed by atoms with Crippen LogP contribution in [0.3, 0.4) is 0 Å². The van der Waals surface area contributed by atoms with Crippen molar-refractivity contribution in [3.8, 4) is 0 Å². The Morgan fingerprint density at radius 2 is 1.62 bits per heavy atom. The van der Waals surface area contributed by atoms with Gasteiger partial charge in [0.25, 0.3) is 0 Å². The van der Waals surface area contributed by atoms with Crippen molar-refractivity contribution in [1.82, 2.24) is 5.32 Å². The Morgan fingerprint density at radius 1 is 1.08 bits per heavy atom. The van der Waals surface area contributed by atoms with Crippen molar-refractivity contribution in [2.75, 3.05) is 12.0 Å². The number of hydrogen-bond donors (Lipinski definition) is 2. The van der Waals surface area contributed by atoms with Crippen LogP contribution in [0.2, 0.25) is 0 Å². The molecule has 140 valence electrons. The Kier molecular flexibility index (Phi) is 10.2. The average Bonchev–Trinajstić information content (AvgIpc) is 2.45. The lowest BCUT2D eigenvalue weighted by Gasteiger charge is -2.26. The van der Waals surface area contributed by atoms with E-state index in [0.717, 1.165) is 0 Å².